The molecule has 0 saturated carbocycles. The van der Waals surface area contributed by atoms with Crippen LogP contribution in [0, 0.1) is 17.8 Å². The summed E-state index contributed by atoms with van der Waals surface area (Å²) in [5.74, 6) is -0.131. The van der Waals surface area contributed by atoms with Crippen molar-refractivity contribution in [1.82, 2.24) is 15.1 Å². The topological polar surface area (TPSA) is 82.2 Å². The number of likely N-dealkylation sites (tertiary alicyclic amines) is 1. The van der Waals surface area contributed by atoms with Crippen LogP contribution < -0.4 is 10.2 Å². The molecular weight excluding hydrogens is 456 g/mol. The average Bonchev–Trinajstić information content (AvgIpc) is 3.47. The first-order valence-corrected chi connectivity index (χ1v) is 13.6. The fraction of sp³-hybridized carbons (Fsp3) is 0.679. The molecule has 2 amide bonds. The summed E-state index contributed by atoms with van der Waals surface area (Å²) in [6.07, 6.45) is 0.481. The van der Waals surface area contributed by atoms with Crippen molar-refractivity contribution < 1.29 is 19.1 Å². The first-order chi connectivity index (χ1) is 17.3. The van der Waals surface area contributed by atoms with E-state index < -0.39 is 12.1 Å². The molecule has 3 aliphatic heterocycles. The molecule has 8 nitrogen and oxygen atoms in total. The minimum atomic E-state index is -0.701. The van der Waals surface area contributed by atoms with E-state index in [1.54, 1.807) is 4.90 Å². The average molecular weight is 499 g/mol. The van der Waals surface area contributed by atoms with Crippen molar-refractivity contribution in [3.05, 3.63) is 29.8 Å². The Hall–Kier alpha value is -2.45. The van der Waals surface area contributed by atoms with Crippen LogP contribution in [-0.4, -0.2) is 91.5 Å². The summed E-state index contributed by atoms with van der Waals surface area (Å²) in [4.78, 5) is 46.6. The highest BCUT2D eigenvalue weighted by Gasteiger charge is 2.54. The SMILES string of the molecule is CC[C@H](C)[C@H](NC(=O)c1ccccc1N1CCN(CC)CC1)C(=O)N1C[C@H](C(C)C)[C@H]2OCC(=O)[C@H]21. The standard InChI is InChI=1S/C28H42N4O4/c1-6-19(5)24(28(35)32-16-21(18(3)4)26-25(32)23(33)17-36-26)29-27(34)20-10-8-9-11-22(20)31-14-12-30(7-2)13-15-31/h8-11,18-19,21,24-26H,6-7,12-17H2,1-5H3,(H,29,34)/t19-,21+,24-,25+,26+/m0/s1. The summed E-state index contributed by atoms with van der Waals surface area (Å²) in [5.41, 5.74) is 1.49. The minimum Gasteiger partial charge on any atom is -0.368 e. The van der Waals surface area contributed by atoms with Crippen LogP contribution in [0.15, 0.2) is 24.3 Å². The van der Waals surface area contributed by atoms with Crippen LogP contribution in [0.2, 0.25) is 0 Å². The molecule has 4 rings (SSSR count). The summed E-state index contributed by atoms with van der Waals surface area (Å²) in [7, 11) is 0. The largest absolute Gasteiger partial charge is 0.368 e. The van der Waals surface area contributed by atoms with Gasteiger partial charge in [-0.1, -0.05) is 53.2 Å². The van der Waals surface area contributed by atoms with Crippen LogP contribution in [0.3, 0.4) is 0 Å². The van der Waals surface area contributed by atoms with E-state index in [1.165, 1.54) is 0 Å². The number of Topliss-reactive ketones (excluding diaryl/α,β-unsaturated/α-hetero) is 1. The third-order valence-electron chi connectivity index (χ3n) is 8.44. The molecule has 3 heterocycles. The van der Waals surface area contributed by atoms with E-state index in [1.807, 2.05) is 38.1 Å². The first-order valence-electron chi connectivity index (χ1n) is 13.6. The molecule has 3 aliphatic rings. The number of carbonyl (C=O) groups is 3. The van der Waals surface area contributed by atoms with Crippen molar-refractivity contribution in [3.63, 3.8) is 0 Å². The van der Waals surface area contributed by atoms with Gasteiger partial charge < -0.3 is 24.8 Å². The predicted octanol–water partition coefficient (Wildman–Crippen LogP) is 2.42. The Bertz CT molecular complexity index is 959. The molecule has 1 aromatic carbocycles. The second-order valence-corrected chi connectivity index (χ2v) is 10.9. The number of hydrogen-bond acceptors (Lipinski definition) is 6. The number of ether oxygens (including phenoxy) is 1. The molecule has 1 aromatic rings. The second-order valence-electron chi connectivity index (χ2n) is 10.9. The summed E-state index contributed by atoms with van der Waals surface area (Å²) in [5, 5.41) is 3.08. The van der Waals surface area contributed by atoms with Crippen molar-refractivity contribution in [2.75, 3.05) is 50.8 Å². The van der Waals surface area contributed by atoms with Crippen molar-refractivity contribution in [2.45, 2.75) is 59.2 Å². The van der Waals surface area contributed by atoms with Gasteiger partial charge in [-0.15, -0.1) is 0 Å². The molecule has 3 fully saturated rings. The minimum absolute atomic E-state index is 0.0395. The number of piperazine rings is 1. The molecule has 0 aromatic heterocycles. The maximum Gasteiger partial charge on any atom is 0.254 e. The van der Waals surface area contributed by atoms with Gasteiger partial charge in [-0.25, -0.2) is 0 Å². The van der Waals surface area contributed by atoms with Crippen LogP contribution >= 0.6 is 0 Å². The van der Waals surface area contributed by atoms with Gasteiger partial charge in [0.15, 0.2) is 5.78 Å². The number of para-hydroxylation sites is 1. The number of nitrogens with one attached hydrogen (secondary N) is 1. The van der Waals surface area contributed by atoms with Gasteiger partial charge >= 0.3 is 0 Å². The van der Waals surface area contributed by atoms with Gasteiger partial charge in [0.25, 0.3) is 5.91 Å². The van der Waals surface area contributed by atoms with Crippen molar-refractivity contribution >= 4 is 23.3 Å². The number of ketones is 1. The van der Waals surface area contributed by atoms with Gasteiger partial charge in [0.1, 0.15) is 18.7 Å². The van der Waals surface area contributed by atoms with E-state index in [-0.39, 0.29) is 48.1 Å². The number of fused-ring (bicyclic) bond motifs is 1. The zero-order valence-corrected chi connectivity index (χ0v) is 22.4. The highest BCUT2D eigenvalue weighted by atomic mass is 16.5. The van der Waals surface area contributed by atoms with Gasteiger partial charge in [-0.05, 0) is 30.5 Å². The van der Waals surface area contributed by atoms with Crippen molar-refractivity contribution in [2.24, 2.45) is 17.8 Å². The lowest BCUT2D eigenvalue weighted by Gasteiger charge is -2.36. The monoisotopic (exact) mass is 498 g/mol. The number of carbonyl (C=O) groups excluding carboxylic acids is 3. The molecule has 198 valence electrons. The fourth-order valence-electron chi connectivity index (χ4n) is 5.84. The van der Waals surface area contributed by atoms with Crippen molar-refractivity contribution in [3.8, 4) is 0 Å². The van der Waals surface area contributed by atoms with Gasteiger partial charge in [0.2, 0.25) is 5.91 Å². The van der Waals surface area contributed by atoms with Gasteiger partial charge in [-0.2, -0.15) is 0 Å². The number of likely N-dealkylation sites (N-methyl/N-ethyl adjacent to an activating group) is 1. The number of hydrogen-bond donors (Lipinski definition) is 1. The Morgan fingerprint density at radius 1 is 1.08 bits per heavy atom. The molecule has 0 unspecified atom stereocenters. The smallest absolute Gasteiger partial charge is 0.254 e. The van der Waals surface area contributed by atoms with E-state index in [0.717, 1.165) is 44.8 Å². The Morgan fingerprint density at radius 2 is 1.78 bits per heavy atom. The Balaban J connectivity index is 1.55. The van der Waals surface area contributed by atoms with Gasteiger partial charge in [0, 0.05) is 44.3 Å². The normalized spacial score (nSPS) is 26.3. The van der Waals surface area contributed by atoms with Crippen LogP contribution in [-0.2, 0) is 14.3 Å². The van der Waals surface area contributed by atoms with Crippen LogP contribution in [0.4, 0.5) is 5.69 Å². The van der Waals surface area contributed by atoms with Crippen molar-refractivity contribution in [1.29, 1.82) is 0 Å². The summed E-state index contributed by atoms with van der Waals surface area (Å²) < 4.78 is 5.82. The summed E-state index contributed by atoms with van der Waals surface area (Å²) in [6.45, 7) is 15.6. The molecule has 0 radical (unpaired) electrons. The third-order valence-corrected chi connectivity index (χ3v) is 8.44. The Morgan fingerprint density at radius 3 is 2.42 bits per heavy atom. The first kappa shape index (κ1) is 26.6. The zero-order valence-electron chi connectivity index (χ0n) is 22.4. The maximum atomic E-state index is 13.9. The summed E-state index contributed by atoms with van der Waals surface area (Å²) in [6, 6.07) is 6.40. The third kappa shape index (κ3) is 5.16. The molecule has 0 bridgehead atoms. The lowest BCUT2D eigenvalue weighted by atomic mass is 9.91. The van der Waals surface area contributed by atoms with Crippen LogP contribution in [0.5, 0.6) is 0 Å². The van der Waals surface area contributed by atoms with E-state index in [4.69, 9.17) is 4.74 Å². The van der Waals surface area contributed by atoms with E-state index in [0.29, 0.717) is 12.1 Å². The Labute approximate surface area is 215 Å². The highest BCUT2D eigenvalue weighted by Crippen LogP contribution is 2.36. The fourth-order valence-corrected chi connectivity index (χ4v) is 5.84. The van der Waals surface area contributed by atoms with E-state index >= 15 is 0 Å². The molecule has 36 heavy (non-hydrogen) atoms. The van der Waals surface area contributed by atoms with E-state index in [9.17, 15) is 14.4 Å². The van der Waals surface area contributed by atoms with E-state index in [2.05, 4.69) is 35.9 Å². The molecular formula is C28H42N4O4. The Kier molecular flexibility index (Phi) is 8.35. The molecule has 5 atom stereocenters. The molecule has 0 aliphatic carbocycles. The number of rotatable bonds is 8. The number of nitrogens with zero attached hydrogens (tertiary/aromatic N) is 3. The molecule has 0 spiro atoms. The van der Waals surface area contributed by atoms with Gasteiger partial charge in [-0.3, -0.25) is 14.4 Å². The quantitative estimate of drug-likeness (QED) is 0.593. The van der Waals surface area contributed by atoms with Crippen LogP contribution in [0.25, 0.3) is 0 Å². The van der Waals surface area contributed by atoms with Gasteiger partial charge in [0.05, 0.1) is 11.7 Å². The number of amides is 2. The molecule has 8 heteroatoms. The summed E-state index contributed by atoms with van der Waals surface area (Å²) >= 11 is 0. The maximum absolute atomic E-state index is 13.9. The predicted molar refractivity (Wildman–Crippen MR) is 140 cm³/mol. The highest BCUT2D eigenvalue weighted by molar-refractivity contribution is 6.02. The zero-order chi connectivity index (χ0) is 26.0. The lowest BCUT2D eigenvalue weighted by molar-refractivity contribution is -0.139. The lowest BCUT2D eigenvalue weighted by Crippen LogP contribution is -2.54. The molecule has 1 N–H and O–H groups in total. The number of benzene rings is 1. The molecule has 3 saturated heterocycles. The van der Waals surface area contributed by atoms with Crippen LogP contribution in [0.1, 0.15) is 51.4 Å². The second kappa shape index (κ2) is 11.3. The number of anilines is 1.